The van der Waals surface area contributed by atoms with E-state index in [4.69, 9.17) is 19.1 Å². The molecule has 0 aliphatic carbocycles. The topological polar surface area (TPSA) is 189 Å². The molecular weight excluding hydrogens is 799 g/mol. The molecule has 61 heavy (non-hydrogen) atoms. The third-order valence-electron chi connectivity index (χ3n) is 8.60. The highest BCUT2D eigenvalue weighted by molar-refractivity contribution is 7.47. The molecule has 0 saturated carbocycles. The fraction of sp³-hybridized carbons (Fsp3) is 0.583. The number of aliphatic hydroxyl groups excluding tert-OH is 4. The lowest BCUT2D eigenvalue weighted by atomic mass is 10.1. The summed E-state index contributed by atoms with van der Waals surface area (Å²) in [6.45, 7) is 1.85. The van der Waals surface area contributed by atoms with Gasteiger partial charge in [0.1, 0.15) is 12.7 Å². The van der Waals surface area contributed by atoms with E-state index in [0.29, 0.717) is 12.8 Å². The summed E-state index contributed by atoms with van der Waals surface area (Å²) >= 11 is 0. The van der Waals surface area contributed by atoms with Gasteiger partial charge in [0.2, 0.25) is 0 Å². The van der Waals surface area contributed by atoms with Gasteiger partial charge in [0.25, 0.3) is 0 Å². The van der Waals surface area contributed by atoms with E-state index in [-0.39, 0.29) is 25.7 Å². The van der Waals surface area contributed by atoms with Crippen molar-refractivity contribution < 1.29 is 58.0 Å². The zero-order valence-electron chi connectivity index (χ0n) is 36.8. The highest BCUT2D eigenvalue weighted by atomic mass is 31.2. The van der Waals surface area contributed by atoms with E-state index in [2.05, 4.69) is 85.2 Å². The molecule has 5 N–H and O–H groups in total. The zero-order valence-corrected chi connectivity index (χ0v) is 37.7. The van der Waals surface area contributed by atoms with Gasteiger partial charge in [-0.3, -0.25) is 18.6 Å². The SMILES string of the molecule is CC/C=C\C/C=C\C/C=C\C/C=C\C/C=C\CCCCCC(=O)OC[C@H](COP(=O)(O)OC[C@@H](O)CO)OC(=O)CCC[C@@H](O)\C=C/C=C/C=C/[C@@H](O)C/C=C\CCCCC. The van der Waals surface area contributed by atoms with Crippen LogP contribution in [-0.2, 0) is 32.7 Å². The zero-order chi connectivity index (χ0) is 45.1. The van der Waals surface area contributed by atoms with Crippen LogP contribution >= 0.6 is 7.82 Å². The summed E-state index contributed by atoms with van der Waals surface area (Å²) in [7, 11) is -4.71. The Kier molecular flexibility index (Phi) is 39.5. The van der Waals surface area contributed by atoms with E-state index in [1.54, 1.807) is 36.5 Å². The van der Waals surface area contributed by atoms with Crippen LogP contribution in [0.1, 0.15) is 129 Å². The molecule has 0 aromatic rings. The first kappa shape index (κ1) is 57.5. The van der Waals surface area contributed by atoms with Crippen LogP contribution in [0.3, 0.4) is 0 Å². The van der Waals surface area contributed by atoms with Crippen molar-refractivity contribution in [1.29, 1.82) is 0 Å². The second-order valence-corrected chi connectivity index (χ2v) is 15.8. The standard InChI is InChI=1S/C48H77O12P/c1-3-5-7-9-11-12-13-14-15-16-17-18-19-20-21-22-23-25-31-37-47(53)57-41-46(42-59-61(55,56)58-40-45(52)39-49)60-48(54)38-32-36-44(51)35-30-27-26-29-34-43(50)33-28-24-10-8-6-4-2/h5,7,11-12,14-15,17-18,20-21,24,26-30,34-35,43-46,49-52H,3-4,6,8-10,13,16,19,22-23,25,31-33,36-42H2,1-2H3,(H,55,56)/b7-5-,12-11-,15-14-,18-17-,21-20-,27-26+,28-24-,34-29+,35-30-/t43-,44-,45-,46+/m0/s1. The highest BCUT2D eigenvalue weighted by Gasteiger charge is 2.27. The van der Waals surface area contributed by atoms with Crippen LogP contribution in [-0.4, -0.2) is 88.1 Å². The monoisotopic (exact) mass is 877 g/mol. The maximum atomic E-state index is 12.6. The van der Waals surface area contributed by atoms with E-state index >= 15 is 0 Å². The smallest absolute Gasteiger partial charge is 0.462 e. The van der Waals surface area contributed by atoms with Crippen LogP contribution in [0.15, 0.2) is 109 Å². The summed E-state index contributed by atoms with van der Waals surface area (Å²) < 4.78 is 32.5. The van der Waals surface area contributed by atoms with Crippen LogP contribution in [0.5, 0.6) is 0 Å². The minimum atomic E-state index is -4.71. The lowest BCUT2D eigenvalue weighted by Crippen LogP contribution is -2.30. The van der Waals surface area contributed by atoms with Crippen molar-refractivity contribution >= 4 is 19.8 Å². The average molecular weight is 877 g/mol. The Labute approximate surface area is 366 Å². The van der Waals surface area contributed by atoms with E-state index in [9.17, 15) is 34.4 Å². The molecule has 0 fully saturated rings. The van der Waals surface area contributed by atoms with Crippen molar-refractivity contribution in [2.24, 2.45) is 0 Å². The molecule has 0 heterocycles. The quantitative estimate of drug-likeness (QED) is 0.0129. The summed E-state index contributed by atoms with van der Waals surface area (Å²) in [5.74, 6) is -1.22. The molecule has 0 saturated heterocycles. The first-order valence-corrected chi connectivity index (χ1v) is 23.6. The van der Waals surface area contributed by atoms with Crippen LogP contribution in [0.2, 0.25) is 0 Å². The van der Waals surface area contributed by atoms with E-state index in [1.165, 1.54) is 12.8 Å². The summed E-state index contributed by atoms with van der Waals surface area (Å²) in [6.07, 6.45) is 45.4. The van der Waals surface area contributed by atoms with Gasteiger partial charge in [-0.2, -0.15) is 0 Å². The van der Waals surface area contributed by atoms with Crippen molar-refractivity contribution in [2.45, 2.75) is 154 Å². The molecule has 12 nitrogen and oxygen atoms in total. The number of esters is 2. The number of hydrogen-bond donors (Lipinski definition) is 5. The fourth-order valence-corrected chi connectivity index (χ4v) is 5.94. The van der Waals surface area contributed by atoms with Gasteiger partial charge in [0.05, 0.1) is 32.0 Å². The van der Waals surface area contributed by atoms with Gasteiger partial charge in [-0.15, -0.1) is 0 Å². The summed E-state index contributed by atoms with van der Waals surface area (Å²) in [5, 5.41) is 38.7. The van der Waals surface area contributed by atoms with Gasteiger partial charge >= 0.3 is 19.8 Å². The van der Waals surface area contributed by atoms with Crippen LogP contribution in [0.4, 0.5) is 0 Å². The number of carbonyl (C=O) groups is 2. The number of phosphoric ester groups is 1. The normalized spacial score (nSPS) is 15.9. The molecular formula is C48H77O12P. The number of unbranched alkanes of at least 4 members (excludes halogenated alkanes) is 6. The molecule has 0 spiro atoms. The lowest BCUT2D eigenvalue weighted by Gasteiger charge is -2.20. The summed E-state index contributed by atoms with van der Waals surface area (Å²) in [4.78, 5) is 35.0. The number of aliphatic hydroxyl groups is 4. The van der Waals surface area contributed by atoms with E-state index in [0.717, 1.165) is 64.2 Å². The van der Waals surface area contributed by atoms with Gasteiger partial charge in [-0.25, -0.2) is 4.57 Å². The second kappa shape index (κ2) is 41.9. The summed E-state index contributed by atoms with van der Waals surface area (Å²) in [5.41, 5.74) is 0. The minimum absolute atomic E-state index is 0.0905. The molecule has 1 unspecified atom stereocenters. The van der Waals surface area contributed by atoms with Crippen LogP contribution in [0.25, 0.3) is 0 Å². The third-order valence-corrected chi connectivity index (χ3v) is 9.55. The Morgan fingerprint density at radius 3 is 1.74 bits per heavy atom. The Morgan fingerprint density at radius 1 is 0.590 bits per heavy atom. The Balaban J connectivity index is 4.63. The summed E-state index contributed by atoms with van der Waals surface area (Å²) in [6, 6.07) is 0. The number of rotatable bonds is 39. The van der Waals surface area contributed by atoms with Gasteiger partial charge < -0.3 is 34.8 Å². The first-order valence-electron chi connectivity index (χ1n) is 22.1. The minimum Gasteiger partial charge on any atom is -0.462 e. The molecule has 0 amide bonds. The second-order valence-electron chi connectivity index (χ2n) is 14.4. The molecule has 346 valence electrons. The van der Waals surface area contributed by atoms with Crippen molar-refractivity contribution in [3.8, 4) is 0 Å². The van der Waals surface area contributed by atoms with Gasteiger partial charge in [0, 0.05) is 12.8 Å². The molecule has 0 aromatic heterocycles. The lowest BCUT2D eigenvalue weighted by molar-refractivity contribution is -0.161. The third kappa shape index (κ3) is 41.7. The molecule has 0 bridgehead atoms. The molecule has 13 heteroatoms. The maximum Gasteiger partial charge on any atom is 0.472 e. The van der Waals surface area contributed by atoms with E-state index < -0.39 is 70.6 Å². The van der Waals surface area contributed by atoms with Gasteiger partial charge in [0.15, 0.2) is 6.10 Å². The number of allylic oxidation sites excluding steroid dienone is 15. The number of ether oxygens (including phenoxy) is 2. The largest absolute Gasteiger partial charge is 0.472 e. The van der Waals surface area contributed by atoms with Crippen molar-refractivity contribution in [2.75, 3.05) is 26.4 Å². The molecule has 0 aromatic carbocycles. The van der Waals surface area contributed by atoms with E-state index in [1.807, 2.05) is 6.08 Å². The first-order chi connectivity index (χ1) is 29.5. The average Bonchev–Trinajstić information content (AvgIpc) is 3.24. The maximum absolute atomic E-state index is 12.6. The molecule has 0 aliphatic heterocycles. The molecule has 0 radical (unpaired) electrons. The molecule has 0 rings (SSSR count). The number of carbonyl (C=O) groups excluding carboxylic acids is 2. The van der Waals surface area contributed by atoms with Crippen molar-refractivity contribution in [1.82, 2.24) is 0 Å². The van der Waals surface area contributed by atoms with Crippen LogP contribution < -0.4 is 0 Å². The van der Waals surface area contributed by atoms with Gasteiger partial charge in [-0.1, -0.05) is 142 Å². The fourth-order valence-electron chi connectivity index (χ4n) is 5.15. The molecule has 0 aliphatic rings. The van der Waals surface area contributed by atoms with Crippen molar-refractivity contribution in [3.05, 3.63) is 109 Å². The van der Waals surface area contributed by atoms with Crippen LogP contribution in [0, 0.1) is 0 Å². The highest BCUT2D eigenvalue weighted by Crippen LogP contribution is 2.43. The Bertz CT molecular complexity index is 1410. The predicted molar refractivity (Wildman–Crippen MR) is 244 cm³/mol. The van der Waals surface area contributed by atoms with Crippen molar-refractivity contribution in [3.63, 3.8) is 0 Å². The number of phosphoric acid groups is 1. The Hall–Kier alpha value is -3.45. The predicted octanol–water partition coefficient (Wildman–Crippen LogP) is 9.72. The Morgan fingerprint density at radius 2 is 1.13 bits per heavy atom. The number of hydrogen-bond acceptors (Lipinski definition) is 11. The molecule has 5 atom stereocenters. The van der Waals surface area contributed by atoms with Gasteiger partial charge in [-0.05, 0) is 83.5 Å².